The molecule has 0 aliphatic carbocycles. The Balaban J connectivity index is 1.35. The molecular formula is C19H26N6O. The number of hydrogen-bond acceptors (Lipinski definition) is 5. The second-order valence-corrected chi connectivity index (χ2v) is 7.25. The summed E-state index contributed by atoms with van der Waals surface area (Å²) in [7, 11) is 0. The molecule has 7 nitrogen and oxygen atoms in total. The van der Waals surface area contributed by atoms with Gasteiger partial charge in [-0.1, -0.05) is 6.42 Å². The minimum atomic E-state index is 0.0773. The normalized spacial score (nSPS) is 18.4. The van der Waals surface area contributed by atoms with Crippen LogP contribution in [0.4, 0.5) is 0 Å². The maximum absolute atomic E-state index is 12.6. The summed E-state index contributed by atoms with van der Waals surface area (Å²) < 4.78 is 2.31. The van der Waals surface area contributed by atoms with E-state index in [1.54, 1.807) is 6.20 Å². The highest BCUT2D eigenvalue weighted by Gasteiger charge is 2.24. The van der Waals surface area contributed by atoms with Gasteiger partial charge in [0.2, 0.25) is 0 Å². The van der Waals surface area contributed by atoms with Crippen LogP contribution in [-0.2, 0) is 19.5 Å². The van der Waals surface area contributed by atoms with Gasteiger partial charge >= 0.3 is 0 Å². The molecule has 2 aromatic heterocycles. The number of piperazine rings is 1. The van der Waals surface area contributed by atoms with Gasteiger partial charge in [0.15, 0.2) is 0 Å². The highest BCUT2D eigenvalue weighted by atomic mass is 16.2. The number of amides is 1. The molecule has 1 fully saturated rings. The fourth-order valence-electron chi connectivity index (χ4n) is 3.75. The first-order chi connectivity index (χ1) is 12.7. The fraction of sp³-hybridized carbons (Fsp3) is 0.579. The third-order valence-corrected chi connectivity index (χ3v) is 5.37. The minimum Gasteiger partial charge on any atom is -0.336 e. The van der Waals surface area contributed by atoms with E-state index in [-0.39, 0.29) is 5.91 Å². The lowest BCUT2D eigenvalue weighted by Gasteiger charge is -2.34. The standard InChI is InChI=1S/C19H26N6O/c1-15-6-7-16(13-20-15)19(26)24-11-9-23(10-12-24)14-18-22-21-17-5-3-2-4-8-25(17)18/h6-7,13H,2-5,8-12,14H2,1H3. The monoisotopic (exact) mass is 354 g/mol. The Morgan fingerprint density at radius 3 is 2.65 bits per heavy atom. The predicted octanol–water partition coefficient (Wildman–Crippen LogP) is 1.67. The topological polar surface area (TPSA) is 67.2 Å². The van der Waals surface area contributed by atoms with Crippen molar-refractivity contribution in [2.45, 2.75) is 45.7 Å². The number of aromatic nitrogens is 4. The smallest absolute Gasteiger partial charge is 0.255 e. The summed E-state index contributed by atoms with van der Waals surface area (Å²) in [6.07, 6.45) is 6.42. The molecule has 0 radical (unpaired) electrons. The first kappa shape index (κ1) is 17.1. The molecule has 2 aliphatic heterocycles. The Labute approximate surface area is 154 Å². The number of aryl methyl sites for hydroxylation is 2. The van der Waals surface area contributed by atoms with Gasteiger partial charge in [0.1, 0.15) is 11.6 Å². The second-order valence-electron chi connectivity index (χ2n) is 7.25. The minimum absolute atomic E-state index is 0.0773. The predicted molar refractivity (Wildman–Crippen MR) is 97.7 cm³/mol. The molecule has 0 aromatic carbocycles. The largest absolute Gasteiger partial charge is 0.336 e. The van der Waals surface area contributed by atoms with E-state index in [1.807, 2.05) is 24.0 Å². The van der Waals surface area contributed by atoms with Crippen molar-refractivity contribution in [3.05, 3.63) is 41.2 Å². The van der Waals surface area contributed by atoms with Gasteiger partial charge in [-0.3, -0.25) is 14.7 Å². The van der Waals surface area contributed by atoms with E-state index in [4.69, 9.17) is 0 Å². The van der Waals surface area contributed by atoms with E-state index >= 15 is 0 Å². The van der Waals surface area contributed by atoms with Crippen molar-refractivity contribution in [2.24, 2.45) is 0 Å². The quantitative estimate of drug-likeness (QED) is 0.839. The number of hydrogen-bond donors (Lipinski definition) is 0. The lowest BCUT2D eigenvalue weighted by atomic mass is 10.2. The van der Waals surface area contributed by atoms with Crippen molar-refractivity contribution in [3.8, 4) is 0 Å². The van der Waals surface area contributed by atoms with Crippen LogP contribution in [0.15, 0.2) is 18.3 Å². The number of pyridine rings is 1. The molecule has 138 valence electrons. The van der Waals surface area contributed by atoms with Crippen molar-refractivity contribution in [1.29, 1.82) is 0 Å². The first-order valence-electron chi connectivity index (χ1n) is 9.56. The summed E-state index contributed by atoms with van der Waals surface area (Å²) in [5.41, 5.74) is 1.60. The average Bonchev–Trinajstić information content (AvgIpc) is 2.89. The summed E-state index contributed by atoms with van der Waals surface area (Å²) in [5, 5.41) is 8.81. The molecule has 0 atom stereocenters. The summed E-state index contributed by atoms with van der Waals surface area (Å²) >= 11 is 0. The third-order valence-electron chi connectivity index (χ3n) is 5.37. The van der Waals surface area contributed by atoms with E-state index in [0.717, 1.165) is 63.0 Å². The molecule has 1 amide bonds. The summed E-state index contributed by atoms with van der Waals surface area (Å²) in [5.74, 6) is 2.29. The Bertz CT molecular complexity index is 761. The molecule has 0 spiro atoms. The van der Waals surface area contributed by atoms with E-state index in [9.17, 15) is 4.79 Å². The SMILES string of the molecule is Cc1ccc(C(=O)N2CCN(Cc3nnc4n3CCCCC4)CC2)cn1. The molecule has 0 unspecified atom stereocenters. The second kappa shape index (κ2) is 7.53. The zero-order chi connectivity index (χ0) is 17.9. The van der Waals surface area contributed by atoms with Gasteiger partial charge in [0.05, 0.1) is 12.1 Å². The number of nitrogens with zero attached hydrogens (tertiary/aromatic N) is 6. The maximum atomic E-state index is 12.6. The molecule has 2 aromatic rings. The van der Waals surface area contributed by atoms with Gasteiger partial charge in [-0.25, -0.2) is 0 Å². The van der Waals surface area contributed by atoms with Crippen molar-refractivity contribution in [1.82, 2.24) is 29.5 Å². The highest BCUT2D eigenvalue weighted by Crippen LogP contribution is 2.16. The van der Waals surface area contributed by atoms with Crippen LogP contribution >= 0.6 is 0 Å². The number of rotatable bonds is 3. The molecule has 7 heteroatoms. The highest BCUT2D eigenvalue weighted by molar-refractivity contribution is 5.94. The van der Waals surface area contributed by atoms with Crippen LogP contribution in [0.1, 0.15) is 47.0 Å². The van der Waals surface area contributed by atoms with Gasteiger partial charge in [0.25, 0.3) is 5.91 Å². The summed E-state index contributed by atoms with van der Waals surface area (Å²) in [4.78, 5) is 21.1. The van der Waals surface area contributed by atoms with Crippen molar-refractivity contribution < 1.29 is 4.79 Å². The Morgan fingerprint density at radius 1 is 1.04 bits per heavy atom. The lowest BCUT2D eigenvalue weighted by molar-refractivity contribution is 0.0623. The molecule has 1 saturated heterocycles. The number of carbonyl (C=O) groups is 1. The van der Waals surface area contributed by atoms with Crippen LogP contribution in [-0.4, -0.2) is 61.6 Å². The van der Waals surface area contributed by atoms with Gasteiger partial charge in [-0.2, -0.15) is 0 Å². The average molecular weight is 354 g/mol. The summed E-state index contributed by atoms with van der Waals surface area (Å²) in [6.45, 7) is 7.01. The molecule has 2 aliphatic rings. The van der Waals surface area contributed by atoms with Crippen LogP contribution in [0.2, 0.25) is 0 Å². The fourth-order valence-corrected chi connectivity index (χ4v) is 3.75. The van der Waals surface area contributed by atoms with Gasteiger partial charge < -0.3 is 9.47 Å². The number of fused-ring (bicyclic) bond motifs is 1. The van der Waals surface area contributed by atoms with E-state index in [0.29, 0.717) is 5.56 Å². The zero-order valence-electron chi connectivity index (χ0n) is 15.4. The van der Waals surface area contributed by atoms with Crippen LogP contribution in [0.5, 0.6) is 0 Å². The van der Waals surface area contributed by atoms with Crippen molar-refractivity contribution >= 4 is 5.91 Å². The molecular weight excluding hydrogens is 328 g/mol. The Morgan fingerprint density at radius 2 is 1.88 bits per heavy atom. The number of carbonyl (C=O) groups excluding carboxylic acids is 1. The molecule has 4 rings (SSSR count). The van der Waals surface area contributed by atoms with Crippen molar-refractivity contribution in [2.75, 3.05) is 26.2 Å². The Kier molecular flexibility index (Phi) is 4.97. The summed E-state index contributed by atoms with van der Waals surface area (Å²) in [6, 6.07) is 3.75. The van der Waals surface area contributed by atoms with Crippen LogP contribution < -0.4 is 0 Å². The molecule has 26 heavy (non-hydrogen) atoms. The Hall–Kier alpha value is -2.28. The molecule has 0 bridgehead atoms. The zero-order valence-corrected chi connectivity index (χ0v) is 15.4. The van der Waals surface area contributed by atoms with E-state index in [2.05, 4.69) is 24.6 Å². The van der Waals surface area contributed by atoms with Crippen LogP contribution in [0.3, 0.4) is 0 Å². The van der Waals surface area contributed by atoms with Gasteiger partial charge in [-0.05, 0) is 31.9 Å². The molecule has 0 saturated carbocycles. The van der Waals surface area contributed by atoms with E-state index < -0.39 is 0 Å². The van der Waals surface area contributed by atoms with E-state index in [1.165, 1.54) is 19.3 Å². The van der Waals surface area contributed by atoms with Gasteiger partial charge in [-0.15, -0.1) is 10.2 Å². The molecule has 0 N–H and O–H groups in total. The first-order valence-corrected chi connectivity index (χ1v) is 9.56. The van der Waals surface area contributed by atoms with Crippen LogP contribution in [0.25, 0.3) is 0 Å². The van der Waals surface area contributed by atoms with Crippen LogP contribution in [0, 0.1) is 6.92 Å². The molecule has 4 heterocycles. The van der Waals surface area contributed by atoms with Gasteiger partial charge in [0, 0.05) is 51.0 Å². The van der Waals surface area contributed by atoms with Crippen molar-refractivity contribution in [3.63, 3.8) is 0 Å². The maximum Gasteiger partial charge on any atom is 0.255 e. The third kappa shape index (κ3) is 3.62. The lowest BCUT2D eigenvalue weighted by Crippen LogP contribution is -2.48.